The van der Waals surface area contributed by atoms with Crippen LogP contribution in [-0.2, 0) is 16.0 Å². The van der Waals surface area contributed by atoms with E-state index in [2.05, 4.69) is 4.98 Å². The van der Waals surface area contributed by atoms with Crippen LogP contribution in [0.25, 0.3) is 22.1 Å². The van der Waals surface area contributed by atoms with Gasteiger partial charge in [-0.1, -0.05) is 11.6 Å². The van der Waals surface area contributed by atoms with Crippen LogP contribution in [0.15, 0.2) is 34.7 Å². The Morgan fingerprint density at radius 3 is 2.78 bits per heavy atom. The maximum absolute atomic E-state index is 12.0. The number of aromatic nitrogens is 1. The van der Waals surface area contributed by atoms with Gasteiger partial charge in [-0.3, -0.25) is 4.79 Å². The number of hydrogen-bond donors (Lipinski definition) is 0. The van der Waals surface area contributed by atoms with Crippen LogP contribution in [0, 0.1) is 0 Å². The average molecular weight is 406 g/mol. The summed E-state index contributed by atoms with van der Waals surface area (Å²) in [5, 5.41) is 0. The van der Waals surface area contributed by atoms with E-state index in [1.807, 2.05) is 24.3 Å². The molecule has 3 aromatic rings. The molecule has 3 heterocycles. The number of fused-ring (bicyclic) bond motifs is 1. The minimum Gasteiger partial charge on any atom is -0.486 e. The molecular formula is C19H16ClNO5S. The van der Waals surface area contributed by atoms with Crippen molar-refractivity contribution < 1.29 is 23.4 Å². The van der Waals surface area contributed by atoms with Crippen LogP contribution < -0.4 is 9.47 Å². The first-order chi connectivity index (χ1) is 13.1. The number of carbonyl (C=O) groups excluding carboxylic acids is 1. The summed E-state index contributed by atoms with van der Waals surface area (Å²) in [7, 11) is 0. The van der Waals surface area contributed by atoms with E-state index in [1.165, 1.54) is 11.3 Å². The molecule has 2 aromatic heterocycles. The van der Waals surface area contributed by atoms with E-state index in [9.17, 15) is 4.79 Å². The number of carbonyl (C=O) groups is 1. The molecule has 8 heteroatoms. The zero-order chi connectivity index (χ0) is 18.8. The fraction of sp³-hybridized carbons (Fsp3) is 0.263. The SMILES string of the molecule is CCOC(=O)Cc1nc(-c2ccc3c(c2)OCCO3)oc1-c1ccc(Cl)s1. The van der Waals surface area contributed by atoms with Crippen LogP contribution >= 0.6 is 22.9 Å². The molecular weight excluding hydrogens is 390 g/mol. The fourth-order valence-electron chi connectivity index (χ4n) is 2.75. The average Bonchev–Trinajstić information content (AvgIpc) is 3.27. The fourth-order valence-corrected chi connectivity index (χ4v) is 3.80. The molecule has 0 saturated carbocycles. The minimum absolute atomic E-state index is 0.0206. The highest BCUT2D eigenvalue weighted by molar-refractivity contribution is 7.19. The highest BCUT2D eigenvalue weighted by Crippen LogP contribution is 2.38. The van der Waals surface area contributed by atoms with Crippen LogP contribution in [0.2, 0.25) is 4.34 Å². The maximum Gasteiger partial charge on any atom is 0.312 e. The quantitative estimate of drug-likeness (QED) is 0.578. The van der Waals surface area contributed by atoms with Gasteiger partial charge in [-0.15, -0.1) is 11.3 Å². The summed E-state index contributed by atoms with van der Waals surface area (Å²) in [4.78, 5) is 17.3. The van der Waals surface area contributed by atoms with Crippen LogP contribution in [0.1, 0.15) is 12.6 Å². The lowest BCUT2D eigenvalue weighted by Gasteiger charge is -2.18. The van der Waals surface area contributed by atoms with Gasteiger partial charge in [0.05, 0.1) is 27.9 Å². The first-order valence-corrected chi connectivity index (χ1v) is 9.64. The number of hydrogen-bond acceptors (Lipinski definition) is 7. The topological polar surface area (TPSA) is 70.8 Å². The number of thiophene rings is 1. The Labute approximate surface area is 164 Å². The molecule has 140 valence electrons. The number of halogens is 1. The van der Waals surface area contributed by atoms with Crippen LogP contribution in [-0.4, -0.2) is 30.8 Å². The Kier molecular flexibility index (Phi) is 5.05. The van der Waals surface area contributed by atoms with Gasteiger partial charge in [-0.25, -0.2) is 4.98 Å². The van der Waals surface area contributed by atoms with E-state index in [0.717, 1.165) is 10.4 Å². The second kappa shape index (κ2) is 7.62. The lowest BCUT2D eigenvalue weighted by Crippen LogP contribution is -2.15. The van der Waals surface area contributed by atoms with Crippen molar-refractivity contribution in [1.82, 2.24) is 4.98 Å². The molecule has 27 heavy (non-hydrogen) atoms. The standard InChI is InChI=1S/C19H16ClNO5S/c1-2-23-17(22)10-12-18(15-5-6-16(20)27-15)26-19(21-12)11-3-4-13-14(9-11)25-8-7-24-13/h3-6,9H,2,7-8,10H2,1H3. The van der Waals surface area contributed by atoms with Gasteiger partial charge in [0.15, 0.2) is 17.3 Å². The molecule has 1 aliphatic rings. The third-order valence-electron chi connectivity index (χ3n) is 3.90. The van der Waals surface area contributed by atoms with Crippen molar-refractivity contribution in [2.24, 2.45) is 0 Å². The smallest absolute Gasteiger partial charge is 0.312 e. The lowest BCUT2D eigenvalue weighted by molar-refractivity contribution is -0.142. The van der Waals surface area contributed by atoms with Crippen LogP contribution in [0.4, 0.5) is 0 Å². The molecule has 0 saturated heterocycles. The maximum atomic E-state index is 12.0. The Bertz CT molecular complexity index is 980. The molecule has 0 N–H and O–H groups in total. The zero-order valence-electron chi connectivity index (χ0n) is 14.5. The first kappa shape index (κ1) is 17.9. The zero-order valence-corrected chi connectivity index (χ0v) is 16.1. The van der Waals surface area contributed by atoms with Crippen molar-refractivity contribution >= 4 is 28.9 Å². The van der Waals surface area contributed by atoms with Crippen molar-refractivity contribution in [3.05, 3.63) is 40.4 Å². The molecule has 0 radical (unpaired) electrons. The summed E-state index contributed by atoms with van der Waals surface area (Å²) in [6.45, 7) is 3.10. The Morgan fingerprint density at radius 2 is 2.04 bits per heavy atom. The third-order valence-corrected chi connectivity index (χ3v) is 5.13. The van der Waals surface area contributed by atoms with Gasteiger partial charge in [0.2, 0.25) is 5.89 Å². The van der Waals surface area contributed by atoms with Crippen molar-refractivity contribution in [1.29, 1.82) is 0 Å². The van der Waals surface area contributed by atoms with Crippen molar-refractivity contribution in [3.63, 3.8) is 0 Å². The summed E-state index contributed by atoms with van der Waals surface area (Å²) < 4.78 is 22.9. The predicted octanol–water partition coefficient (Wildman–Crippen LogP) is 4.60. The minimum atomic E-state index is -0.358. The highest BCUT2D eigenvalue weighted by atomic mass is 35.5. The summed E-state index contributed by atoms with van der Waals surface area (Å²) in [5.74, 6) is 1.89. The summed E-state index contributed by atoms with van der Waals surface area (Å²) in [5.41, 5.74) is 1.25. The normalized spacial score (nSPS) is 12.8. The van der Waals surface area contributed by atoms with Gasteiger partial charge in [0.25, 0.3) is 0 Å². The van der Waals surface area contributed by atoms with Crippen LogP contribution in [0.3, 0.4) is 0 Å². The largest absolute Gasteiger partial charge is 0.486 e. The van der Waals surface area contributed by atoms with E-state index in [0.29, 0.717) is 53.0 Å². The Hall–Kier alpha value is -2.51. The van der Waals surface area contributed by atoms with Gasteiger partial charge >= 0.3 is 5.97 Å². The van der Waals surface area contributed by atoms with Gasteiger partial charge in [0.1, 0.15) is 13.2 Å². The molecule has 0 amide bonds. The van der Waals surface area contributed by atoms with Gasteiger partial charge < -0.3 is 18.6 Å². The van der Waals surface area contributed by atoms with Crippen LogP contribution in [0.5, 0.6) is 11.5 Å². The van der Waals surface area contributed by atoms with Crippen molar-refractivity contribution in [3.8, 4) is 33.6 Å². The van der Waals surface area contributed by atoms with Crippen molar-refractivity contribution in [2.45, 2.75) is 13.3 Å². The molecule has 0 aliphatic carbocycles. The molecule has 1 aliphatic heterocycles. The molecule has 0 bridgehead atoms. The number of esters is 1. The Balaban J connectivity index is 1.73. The predicted molar refractivity (Wildman–Crippen MR) is 102 cm³/mol. The van der Waals surface area contributed by atoms with E-state index in [-0.39, 0.29) is 12.4 Å². The summed E-state index contributed by atoms with van der Waals surface area (Å²) in [6.07, 6.45) is 0.0206. The van der Waals surface area contributed by atoms with Gasteiger partial charge in [-0.2, -0.15) is 0 Å². The molecule has 0 atom stereocenters. The molecule has 4 rings (SSSR count). The number of rotatable bonds is 5. The number of nitrogens with zero attached hydrogens (tertiary/aromatic N) is 1. The molecule has 0 spiro atoms. The summed E-state index contributed by atoms with van der Waals surface area (Å²) >= 11 is 7.42. The highest BCUT2D eigenvalue weighted by Gasteiger charge is 2.22. The number of ether oxygens (including phenoxy) is 3. The van der Waals surface area contributed by atoms with Gasteiger partial charge in [0, 0.05) is 5.56 Å². The second-order valence-corrected chi connectivity index (χ2v) is 7.45. The third kappa shape index (κ3) is 3.79. The van der Waals surface area contributed by atoms with Crippen molar-refractivity contribution in [2.75, 3.05) is 19.8 Å². The molecule has 6 nitrogen and oxygen atoms in total. The lowest BCUT2D eigenvalue weighted by atomic mass is 10.2. The van der Waals surface area contributed by atoms with E-state index in [1.54, 1.807) is 13.0 Å². The van der Waals surface area contributed by atoms with E-state index in [4.69, 9.17) is 30.2 Å². The first-order valence-electron chi connectivity index (χ1n) is 8.45. The molecule has 0 fully saturated rings. The second-order valence-electron chi connectivity index (χ2n) is 5.74. The monoisotopic (exact) mass is 405 g/mol. The summed E-state index contributed by atoms with van der Waals surface area (Å²) in [6, 6.07) is 9.11. The van der Waals surface area contributed by atoms with E-state index >= 15 is 0 Å². The molecule has 1 aromatic carbocycles. The molecule has 0 unspecified atom stereocenters. The Morgan fingerprint density at radius 1 is 1.22 bits per heavy atom. The van der Waals surface area contributed by atoms with E-state index < -0.39 is 0 Å². The number of benzene rings is 1. The number of oxazole rings is 1. The van der Waals surface area contributed by atoms with Gasteiger partial charge in [-0.05, 0) is 37.3 Å².